The second-order valence-corrected chi connectivity index (χ2v) is 21.0. The molecule has 0 radical (unpaired) electrons. The normalized spacial score (nSPS) is 19.5. The van der Waals surface area contributed by atoms with E-state index in [9.17, 15) is 0 Å². The Balaban J connectivity index is 0.952. The molecule has 0 amide bonds. The molecule has 0 nitrogen and oxygen atoms in total. The van der Waals surface area contributed by atoms with Crippen molar-refractivity contribution >= 4 is 32.7 Å². The molecule has 0 heteroatoms. The van der Waals surface area contributed by atoms with E-state index < -0.39 is 0 Å². The minimum absolute atomic E-state index is 0.0604. The Kier molecular flexibility index (Phi) is 6.20. The average Bonchev–Trinajstić information content (AvgIpc) is 3.79. The zero-order valence-corrected chi connectivity index (χ0v) is 36.0. The first-order valence-electron chi connectivity index (χ1n) is 21.5. The van der Waals surface area contributed by atoms with Gasteiger partial charge in [0.1, 0.15) is 0 Å². The molecule has 0 saturated heterocycles. The van der Waals surface area contributed by atoms with Crippen LogP contribution in [0.1, 0.15) is 130 Å². The Morgan fingerprint density at radius 2 is 0.914 bits per heavy atom. The van der Waals surface area contributed by atoms with Gasteiger partial charge in [0.25, 0.3) is 0 Å². The molecule has 7 aromatic carbocycles. The Labute approximate surface area is 344 Å². The molecule has 0 bridgehead atoms. The fourth-order valence-electron chi connectivity index (χ4n) is 12.8. The van der Waals surface area contributed by atoms with Crippen molar-refractivity contribution in [1.29, 1.82) is 0 Å². The third kappa shape index (κ3) is 3.89. The van der Waals surface area contributed by atoms with Gasteiger partial charge in [0.05, 0.1) is 0 Å². The summed E-state index contributed by atoms with van der Waals surface area (Å²) in [4.78, 5) is 0. The number of rotatable bonds is 2. The molecule has 0 saturated carbocycles. The van der Waals surface area contributed by atoms with Crippen LogP contribution in [-0.4, -0.2) is 0 Å². The third-order valence-corrected chi connectivity index (χ3v) is 16.2. The van der Waals surface area contributed by atoms with Crippen LogP contribution >= 0.6 is 0 Å². The van der Waals surface area contributed by atoms with Crippen LogP contribution in [-0.2, 0) is 21.7 Å². The number of hydrogen-bond acceptors (Lipinski definition) is 0. The second kappa shape index (κ2) is 10.4. The van der Waals surface area contributed by atoms with E-state index in [-0.39, 0.29) is 27.1 Å². The molecular formula is C58H52. The Morgan fingerprint density at radius 3 is 1.67 bits per heavy atom. The van der Waals surface area contributed by atoms with Crippen molar-refractivity contribution in [3.8, 4) is 33.4 Å². The number of aryl methyl sites for hydroxylation is 1. The highest BCUT2D eigenvalue weighted by Gasteiger charge is 2.47. The highest BCUT2D eigenvalue weighted by molar-refractivity contribution is 6.10. The molecule has 5 aliphatic carbocycles. The molecule has 5 aliphatic rings. The molecule has 0 aromatic heterocycles. The van der Waals surface area contributed by atoms with Crippen LogP contribution in [0.15, 0.2) is 115 Å². The maximum atomic E-state index is 2.57. The summed E-state index contributed by atoms with van der Waals surface area (Å²) in [5.41, 5.74) is 26.7. The van der Waals surface area contributed by atoms with Gasteiger partial charge in [0.2, 0.25) is 0 Å². The lowest BCUT2D eigenvalue weighted by atomic mass is 9.66. The van der Waals surface area contributed by atoms with Crippen LogP contribution in [0.2, 0.25) is 0 Å². The largest absolute Gasteiger partial charge is 0.0616 e. The smallest absolute Gasteiger partial charge is 0.0159 e. The zero-order chi connectivity index (χ0) is 40.2. The Bertz CT molecular complexity index is 3180. The quantitative estimate of drug-likeness (QED) is 0.165. The lowest BCUT2D eigenvalue weighted by Crippen LogP contribution is -2.24. The van der Waals surface area contributed by atoms with Crippen molar-refractivity contribution in [2.75, 3.05) is 0 Å². The van der Waals surface area contributed by atoms with Gasteiger partial charge in [0, 0.05) is 27.1 Å². The molecule has 284 valence electrons. The first-order valence-corrected chi connectivity index (χ1v) is 21.5. The van der Waals surface area contributed by atoms with E-state index in [1.807, 2.05) is 0 Å². The standard InChI is InChI=1S/C58H52/c1-31-25-47-53-51-35(31)17-14-18-42(51)56(6,7)48-27-34(28-49(52(48)53)58(47,10)11)41-24-23-40(54(41,2)3)33-19-21-37-38-29-46-39(30-45(38)57(8,9)44(37)26-33)50-36-16-13-12-15-32(36)20-22-43(50)55(46,4)5/h12-30H,1-11H3. The van der Waals surface area contributed by atoms with Gasteiger partial charge in [0.15, 0.2) is 0 Å². The number of fused-ring (bicyclic) bond motifs is 8. The van der Waals surface area contributed by atoms with Crippen molar-refractivity contribution in [2.24, 2.45) is 5.41 Å². The molecule has 0 heterocycles. The highest BCUT2D eigenvalue weighted by Crippen LogP contribution is 2.62. The van der Waals surface area contributed by atoms with Gasteiger partial charge in [-0.15, -0.1) is 0 Å². The van der Waals surface area contributed by atoms with Crippen molar-refractivity contribution < 1.29 is 0 Å². The molecule has 0 fully saturated rings. The summed E-state index contributed by atoms with van der Waals surface area (Å²) in [5, 5.41) is 5.57. The highest BCUT2D eigenvalue weighted by atomic mass is 14.5. The fourth-order valence-corrected chi connectivity index (χ4v) is 12.8. The first kappa shape index (κ1) is 34.6. The number of benzene rings is 7. The van der Waals surface area contributed by atoms with Crippen LogP contribution in [0.3, 0.4) is 0 Å². The van der Waals surface area contributed by atoms with Gasteiger partial charge < -0.3 is 0 Å². The summed E-state index contributed by atoms with van der Waals surface area (Å²) in [6.07, 6.45) is 4.86. The predicted molar refractivity (Wildman–Crippen MR) is 247 cm³/mol. The summed E-state index contributed by atoms with van der Waals surface area (Å²) in [6.45, 7) is 26.7. The van der Waals surface area contributed by atoms with E-state index >= 15 is 0 Å². The molecule has 58 heavy (non-hydrogen) atoms. The van der Waals surface area contributed by atoms with E-state index in [0.717, 1.165) is 0 Å². The summed E-state index contributed by atoms with van der Waals surface area (Å²) >= 11 is 0. The Hall–Kier alpha value is -5.46. The average molecular weight is 749 g/mol. The maximum Gasteiger partial charge on any atom is 0.0159 e. The van der Waals surface area contributed by atoms with Gasteiger partial charge in [-0.05, 0) is 165 Å². The summed E-state index contributed by atoms with van der Waals surface area (Å²) in [5.74, 6) is 0. The number of hydrogen-bond donors (Lipinski definition) is 0. The Morgan fingerprint density at radius 1 is 0.345 bits per heavy atom. The van der Waals surface area contributed by atoms with Crippen LogP contribution in [0, 0.1) is 12.3 Å². The molecule has 0 unspecified atom stereocenters. The fraction of sp³-hybridized carbons (Fsp3) is 0.276. The molecular weight excluding hydrogens is 697 g/mol. The van der Waals surface area contributed by atoms with E-state index in [1.54, 1.807) is 0 Å². The summed E-state index contributed by atoms with van der Waals surface area (Å²) < 4.78 is 0. The lowest BCUT2D eigenvalue weighted by molar-refractivity contribution is 0.636. The van der Waals surface area contributed by atoms with Crippen molar-refractivity contribution in [1.82, 2.24) is 0 Å². The monoisotopic (exact) mass is 748 g/mol. The van der Waals surface area contributed by atoms with Crippen molar-refractivity contribution in [2.45, 2.75) is 97.8 Å². The van der Waals surface area contributed by atoms with Crippen LogP contribution in [0.4, 0.5) is 0 Å². The SMILES string of the molecule is Cc1cc2c3c4c(cccc14)C(C)(C)c1cc(C4=CC=C(c5ccc6c(c5)C(C)(C)c5cc7c(cc5-6)C(C)(C)c5ccc6ccccc6c5-7)C4(C)C)cc(c1-3)C2(C)C. The van der Waals surface area contributed by atoms with Crippen molar-refractivity contribution in [3.63, 3.8) is 0 Å². The topological polar surface area (TPSA) is 0 Å². The van der Waals surface area contributed by atoms with E-state index in [0.29, 0.717) is 0 Å². The van der Waals surface area contributed by atoms with Gasteiger partial charge in [-0.25, -0.2) is 0 Å². The van der Waals surface area contributed by atoms with Crippen LogP contribution in [0.25, 0.3) is 66.1 Å². The van der Waals surface area contributed by atoms with Gasteiger partial charge in [-0.1, -0.05) is 154 Å². The first-order chi connectivity index (χ1) is 27.4. The van der Waals surface area contributed by atoms with E-state index in [2.05, 4.69) is 191 Å². The van der Waals surface area contributed by atoms with Gasteiger partial charge in [-0.2, -0.15) is 0 Å². The molecule has 0 aliphatic heterocycles. The van der Waals surface area contributed by atoms with Crippen LogP contribution in [0.5, 0.6) is 0 Å². The molecule has 12 rings (SSSR count). The third-order valence-electron chi connectivity index (χ3n) is 16.2. The van der Waals surface area contributed by atoms with Crippen molar-refractivity contribution in [3.05, 3.63) is 176 Å². The number of allylic oxidation sites excluding steroid dienone is 4. The lowest BCUT2D eigenvalue weighted by Gasteiger charge is -2.36. The summed E-state index contributed by atoms with van der Waals surface area (Å²) in [6, 6.07) is 40.8. The second-order valence-electron chi connectivity index (χ2n) is 21.0. The minimum atomic E-state index is -0.170. The molecule has 0 N–H and O–H groups in total. The van der Waals surface area contributed by atoms with E-state index in [4.69, 9.17) is 0 Å². The van der Waals surface area contributed by atoms with E-state index in [1.165, 1.54) is 127 Å². The minimum Gasteiger partial charge on any atom is -0.0616 e. The molecule has 0 spiro atoms. The zero-order valence-electron chi connectivity index (χ0n) is 36.0. The predicted octanol–water partition coefficient (Wildman–Crippen LogP) is 15.4. The summed E-state index contributed by atoms with van der Waals surface area (Å²) in [7, 11) is 0. The molecule has 0 atom stereocenters. The maximum absolute atomic E-state index is 2.57. The molecule has 7 aromatic rings. The van der Waals surface area contributed by atoms with Gasteiger partial charge in [-0.3, -0.25) is 0 Å². The van der Waals surface area contributed by atoms with Crippen LogP contribution < -0.4 is 0 Å². The van der Waals surface area contributed by atoms with Gasteiger partial charge >= 0.3 is 0 Å².